The summed E-state index contributed by atoms with van der Waals surface area (Å²) in [7, 11) is 1.53. The lowest BCUT2D eigenvalue weighted by Gasteiger charge is -2.20. The van der Waals surface area contributed by atoms with Gasteiger partial charge in [0.15, 0.2) is 11.2 Å². The fourth-order valence-corrected chi connectivity index (χ4v) is 2.66. The number of hydrogen-bond donors (Lipinski definition) is 2. The largest absolute Gasteiger partial charge is 0.368 e. The molecule has 0 aliphatic rings. The first-order valence-electron chi connectivity index (χ1n) is 8.08. The number of H-pyrrole nitrogens is 1. The molecule has 0 radical (unpaired) electrons. The van der Waals surface area contributed by atoms with E-state index in [1.807, 2.05) is 6.92 Å². The monoisotopic (exact) mass is 336 g/mol. The molecule has 2 rings (SSSR count). The van der Waals surface area contributed by atoms with Gasteiger partial charge in [0.2, 0.25) is 5.91 Å². The molecular formula is C15H24N6O3. The van der Waals surface area contributed by atoms with Crippen LogP contribution in [0, 0.1) is 0 Å². The Bertz CT molecular complexity index is 847. The van der Waals surface area contributed by atoms with Crippen LogP contribution < -0.4 is 17.0 Å². The van der Waals surface area contributed by atoms with Gasteiger partial charge in [0.1, 0.15) is 12.4 Å². The Morgan fingerprint density at radius 3 is 2.62 bits per heavy atom. The molecule has 9 nitrogen and oxygen atoms in total. The molecule has 132 valence electrons. The van der Waals surface area contributed by atoms with Gasteiger partial charge in [0.05, 0.1) is 6.54 Å². The number of aromatic amines is 1. The average Bonchev–Trinajstić information content (AvgIpc) is 2.87. The van der Waals surface area contributed by atoms with Crippen molar-refractivity contribution in [3.63, 3.8) is 0 Å². The fourth-order valence-electron chi connectivity index (χ4n) is 2.66. The van der Waals surface area contributed by atoms with E-state index in [2.05, 4.69) is 21.8 Å². The molecule has 0 spiro atoms. The second-order valence-electron chi connectivity index (χ2n) is 5.79. The van der Waals surface area contributed by atoms with Gasteiger partial charge in [-0.15, -0.1) is 0 Å². The molecule has 0 aromatic carbocycles. The van der Waals surface area contributed by atoms with Gasteiger partial charge in [-0.25, -0.2) is 9.78 Å². The number of aromatic nitrogens is 4. The van der Waals surface area contributed by atoms with Gasteiger partial charge in [0, 0.05) is 7.05 Å². The van der Waals surface area contributed by atoms with E-state index in [1.165, 1.54) is 16.2 Å². The van der Waals surface area contributed by atoms with Crippen LogP contribution in [0.4, 0.5) is 0 Å². The lowest BCUT2D eigenvalue weighted by molar-refractivity contribution is -0.118. The third-order valence-electron chi connectivity index (χ3n) is 4.04. The summed E-state index contributed by atoms with van der Waals surface area (Å²) in [5, 5.41) is 0. The molecule has 2 aromatic rings. The summed E-state index contributed by atoms with van der Waals surface area (Å²) in [6.45, 7) is 6.19. The number of nitrogens with one attached hydrogen (secondary N) is 1. The minimum atomic E-state index is -0.569. The van der Waals surface area contributed by atoms with Crippen LogP contribution in [-0.4, -0.2) is 43.0 Å². The SMILES string of the molecule is CCCCN(CC)Cc1nc2c(c(=O)[nH]c(=O)n2C)n1CC(N)=O. The molecule has 0 atom stereocenters. The zero-order valence-corrected chi connectivity index (χ0v) is 14.3. The molecule has 3 N–H and O–H groups in total. The molecule has 2 aromatic heterocycles. The van der Waals surface area contributed by atoms with Crippen LogP contribution >= 0.6 is 0 Å². The van der Waals surface area contributed by atoms with E-state index in [1.54, 1.807) is 0 Å². The topological polar surface area (TPSA) is 119 Å². The smallest absolute Gasteiger partial charge is 0.329 e. The number of fused-ring (bicyclic) bond motifs is 1. The van der Waals surface area contributed by atoms with Crippen LogP contribution in [0.1, 0.15) is 32.5 Å². The number of nitrogens with two attached hydrogens (primary N) is 1. The fraction of sp³-hybridized carbons (Fsp3) is 0.600. The molecule has 0 unspecified atom stereocenters. The highest BCUT2D eigenvalue weighted by molar-refractivity contribution is 5.78. The Labute approximate surface area is 139 Å². The average molecular weight is 336 g/mol. The van der Waals surface area contributed by atoms with Gasteiger partial charge < -0.3 is 10.3 Å². The van der Waals surface area contributed by atoms with Gasteiger partial charge in [-0.1, -0.05) is 20.3 Å². The molecule has 24 heavy (non-hydrogen) atoms. The van der Waals surface area contributed by atoms with Gasteiger partial charge in [-0.05, 0) is 19.5 Å². The van der Waals surface area contributed by atoms with E-state index in [0.29, 0.717) is 12.4 Å². The van der Waals surface area contributed by atoms with Crippen LogP contribution in [0.3, 0.4) is 0 Å². The first kappa shape index (κ1) is 17.9. The van der Waals surface area contributed by atoms with E-state index >= 15 is 0 Å². The normalized spacial score (nSPS) is 11.5. The predicted octanol–water partition coefficient (Wildman–Crippen LogP) is -0.469. The van der Waals surface area contributed by atoms with Crippen LogP contribution in [0.25, 0.3) is 11.2 Å². The Kier molecular flexibility index (Phi) is 5.55. The van der Waals surface area contributed by atoms with Crippen molar-refractivity contribution in [3.8, 4) is 0 Å². The summed E-state index contributed by atoms with van der Waals surface area (Å²) in [6, 6.07) is 0. The Hall–Kier alpha value is -2.42. The third kappa shape index (κ3) is 3.56. The first-order chi connectivity index (χ1) is 11.4. The molecule has 9 heteroatoms. The summed E-state index contributed by atoms with van der Waals surface area (Å²) in [5.41, 5.74) is 4.67. The molecule has 1 amide bonds. The maximum absolute atomic E-state index is 12.2. The molecule has 0 saturated heterocycles. The van der Waals surface area contributed by atoms with E-state index in [4.69, 9.17) is 5.73 Å². The Morgan fingerprint density at radius 1 is 1.33 bits per heavy atom. The van der Waals surface area contributed by atoms with Crippen molar-refractivity contribution < 1.29 is 4.79 Å². The number of amides is 1. The summed E-state index contributed by atoms with van der Waals surface area (Å²) in [5.74, 6) is -0.0196. The van der Waals surface area contributed by atoms with Crippen molar-refractivity contribution in [2.45, 2.75) is 39.8 Å². The minimum Gasteiger partial charge on any atom is -0.368 e. The highest BCUT2D eigenvalue weighted by atomic mass is 16.2. The number of primary amides is 1. The quantitative estimate of drug-likeness (QED) is 0.675. The summed E-state index contributed by atoms with van der Waals surface area (Å²) in [6.07, 6.45) is 2.12. The molecule has 2 heterocycles. The number of rotatable bonds is 8. The lowest BCUT2D eigenvalue weighted by atomic mass is 10.3. The molecular weight excluding hydrogens is 312 g/mol. The Morgan fingerprint density at radius 2 is 2.04 bits per heavy atom. The standard InChI is InChI=1S/C15H24N6O3/c1-4-6-7-20(5-2)9-11-17-13-12(21(11)8-10(16)22)14(23)18-15(24)19(13)3/h4-9H2,1-3H3,(H2,16,22)(H,18,23,24). The van der Waals surface area contributed by atoms with Crippen molar-refractivity contribution in [3.05, 3.63) is 26.7 Å². The molecule has 0 aliphatic heterocycles. The molecule has 0 saturated carbocycles. The van der Waals surface area contributed by atoms with E-state index < -0.39 is 17.2 Å². The van der Waals surface area contributed by atoms with E-state index in [-0.39, 0.29) is 17.7 Å². The minimum absolute atomic E-state index is 0.154. The number of nitrogens with zero attached hydrogens (tertiary/aromatic N) is 4. The molecule has 0 aliphatic carbocycles. The summed E-state index contributed by atoms with van der Waals surface area (Å²) < 4.78 is 2.77. The highest BCUT2D eigenvalue weighted by Crippen LogP contribution is 2.13. The van der Waals surface area contributed by atoms with Gasteiger partial charge in [0.25, 0.3) is 5.56 Å². The number of carbonyl (C=O) groups excluding carboxylic acids is 1. The van der Waals surface area contributed by atoms with Crippen molar-refractivity contribution in [2.24, 2.45) is 12.8 Å². The first-order valence-corrected chi connectivity index (χ1v) is 8.08. The molecule has 0 fully saturated rings. The maximum atomic E-state index is 12.2. The maximum Gasteiger partial charge on any atom is 0.329 e. The number of imidazole rings is 1. The second-order valence-corrected chi connectivity index (χ2v) is 5.79. The number of hydrogen-bond acceptors (Lipinski definition) is 5. The highest BCUT2D eigenvalue weighted by Gasteiger charge is 2.19. The number of unbranched alkanes of at least 4 members (excludes halogenated alkanes) is 1. The zero-order valence-electron chi connectivity index (χ0n) is 14.3. The third-order valence-corrected chi connectivity index (χ3v) is 4.04. The van der Waals surface area contributed by atoms with Crippen LogP contribution in [0.2, 0.25) is 0 Å². The number of carbonyl (C=O) groups is 1. The van der Waals surface area contributed by atoms with Gasteiger partial charge in [-0.3, -0.25) is 24.0 Å². The van der Waals surface area contributed by atoms with Gasteiger partial charge >= 0.3 is 5.69 Å². The van der Waals surface area contributed by atoms with Crippen molar-refractivity contribution in [2.75, 3.05) is 13.1 Å². The lowest BCUT2D eigenvalue weighted by Crippen LogP contribution is -2.31. The zero-order chi connectivity index (χ0) is 17.9. The number of aryl methyl sites for hydroxylation is 1. The van der Waals surface area contributed by atoms with E-state index in [9.17, 15) is 14.4 Å². The van der Waals surface area contributed by atoms with Crippen molar-refractivity contribution in [1.82, 2.24) is 24.0 Å². The second kappa shape index (κ2) is 7.43. The van der Waals surface area contributed by atoms with E-state index in [0.717, 1.165) is 25.9 Å². The predicted molar refractivity (Wildman–Crippen MR) is 90.6 cm³/mol. The molecule has 0 bridgehead atoms. The summed E-state index contributed by atoms with van der Waals surface area (Å²) >= 11 is 0. The summed E-state index contributed by atoms with van der Waals surface area (Å²) in [4.78, 5) is 44.3. The van der Waals surface area contributed by atoms with Crippen molar-refractivity contribution in [1.29, 1.82) is 0 Å². The van der Waals surface area contributed by atoms with Crippen LogP contribution in [0.15, 0.2) is 9.59 Å². The van der Waals surface area contributed by atoms with Gasteiger partial charge in [-0.2, -0.15) is 0 Å². The van der Waals surface area contributed by atoms with Crippen LogP contribution in [-0.2, 0) is 24.9 Å². The Balaban J connectivity index is 2.57. The van der Waals surface area contributed by atoms with Crippen molar-refractivity contribution >= 4 is 17.1 Å². The van der Waals surface area contributed by atoms with Crippen LogP contribution in [0.5, 0.6) is 0 Å².